The Labute approximate surface area is 194 Å². The normalized spacial score (nSPS) is 17.7. The molecule has 3 aromatic heterocycles. The summed E-state index contributed by atoms with van der Waals surface area (Å²) in [6, 6.07) is 13.1. The summed E-state index contributed by atoms with van der Waals surface area (Å²) in [5.41, 5.74) is 2.10. The molecule has 1 aliphatic rings. The summed E-state index contributed by atoms with van der Waals surface area (Å²) in [7, 11) is 1.93. The number of benzene rings is 1. The van der Waals surface area contributed by atoms with Crippen molar-refractivity contribution in [1.82, 2.24) is 19.9 Å². The monoisotopic (exact) mass is 460 g/mol. The van der Waals surface area contributed by atoms with Crippen molar-refractivity contribution in [2.45, 2.75) is 18.7 Å². The average molecular weight is 461 g/mol. The van der Waals surface area contributed by atoms with Gasteiger partial charge in [0, 0.05) is 37.4 Å². The van der Waals surface area contributed by atoms with Crippen molar-refractivity contribution in [2.24, 2.45) is 7.05 Å². The van der Waals surface area contributed by atoms with Crippen molar-refractivity contribution in [3.63, 3.8) is 0 Å². The van der Waals surface area contributed by atoms with Crippen LogP contribution >= 0.6 is 11.3 Å². The SMILES string of the molecule is Cn1ccnc1-c1cc2nccc(OC3C=CC(NC(=O)Cc4ccccc4)=CC3F)c2s1. The molecule has 0 bridgehead atoms. The Hall–Kier alpha value is -3.78. The zero-order valence-electron chi connectivity index (χ0n) is 17.8. The summed E-state index contributed by atoms with van der Waals surface area (Å²) in [6.45, 7) is 0. The summed E-state index contributed by atoms with van der Waals surface area (Å²) >= 11 is 1.51. The Morgan fingerprint density at radius 1 is 1.21 bits per heavy atom. The largest absolute Gasteiger partial charge is 0.481 e. The molecule has 1 amide bonds. The Balaban J connectivity index is 1.28. The highest BCUT2D eigenvalue weighted by atomic mass is 32.1. The van der Waals surface area contributed by atoms with Crippen LogP contribution in [0.4, 0.5) is 4.39 Å². The van der Waals surface area contributed by atoms with Gasteiger partial charge in [-0.1, -0.05) is 30.3 Å². The number of carbonyl (C=O) groups is 1. The van der Waals surface area contributed by atoms with Crippen LogP contribution in [0.2, 0.25) is 0 Å². The van der Waals surface area contributed by atoms with Crippen molar-refractivity contribution < 1.29 is 13.9 Å². The molecule has 33 heavy (non-hydrogen) atoms. The lowest BCUT2D eigenvalue weighted by Crippen LogP contribution is -2.31. The number of hydrogen-bond donors (Lipinski definition) is 1. The minimum Gasteiger partial charge on any atom is -0.481 e. The first-order chi connectivity index (χ1) is 16.1. The first-order valence-electron chi connectivity index (χ1n) is 10.5. The van der Waals surface area contributed by atoms with Gasteiger partial charge in [-0.2, -0.15) is 0 Å². The van der Waals surface area contributed by atoms with Crippen LogP contribution in [0.25, 0.3) is 20.9 Å². The van der Waals surface area contributed by atoms with E-state index in [9.17, 15) is 9.18 Å². The number of thiophene rings is 1. The van der Waals surface area contributed by atoms with Crippen LogP contribution in [0.15, 0.2) is 85.0 Å². The van der Waals surface area contributed by atoms with Crippen molar-refractivity contribution in [2.75, 3.05) is 0 Å². The van der Waals surface area contributed by atoms with Crippen LogP contribution < -0.4 is 10.1 Å². The summed E-state index contributed by atoms with van der Waals surface area (Å²) < 4.78 is 23.7. The molecule has 1 aliphatic carbocycles. The minimum absolute atomic E-state index is 0.195. The summed E-state index contributed by atoms with van der Waals surface area (Å²) in [4.78, 5) is 22.0. The summed E-state index contributed by atoms with van der Waals surface area (Å²) in [5, 5.41) is 2.76. The topological polar surface area (TPSA) is 69.0 Å². The predicted molar refractivity (Wildman–Crippen MR) is 127 cm³/mol. The number of alkyl halides is 1. The van der Waals surface area contributed by atoms with Crippen molar-refractivity contribution >= 4 is 27.5 Å². The van der Waals surface area contributed by atoms with Crippen LogP contribution in [0.1, 0.15) is 5.56 Å². The fourth-order valence-corrected chi connectivity index (χ4v) is 4.78. The van der Waals surface area contributed by atoms with E-state index in [1.54, 1.807) is 30.6 Å². The molecule has 5 rings (SSSR count). The van der Waals surface area contributed by atoms with Crippen LogP contribution in [0, 0.1) is 0 Å². The molecule has 0 radical (unpaired) electrons. The van der Waals surface area contributed by atoms with Gasteiger partial charge in [0.2, 0.25) is 5.91 Å². The third kappa shape index (κ3) is 4.56. The van der Waals surface area contributed by atoms with E-state index in [0.29, 0.717) is 11.4 Å². The molecular formula is C25H21FN4O2S. The molecule has 166 valence electrons. The van der Waals surface area contributed by atoms with E-state index in [-0.39, 0.29) is 12.3 Å². The number of fused-ring (bicyclic) bond motifs is 1. The number of ether oxygens (including phenoxy) is 1. The number of aromatic nitrogens is 3. The fourth-order valence-electron chi connectivity index (χ4n) is 3.67. The summed E-state index contributed by atoms with van der Waals surface area (Å²) in [6.07, 6.45) is 7.98. The van der Waals surface area contributed by atoms with E-state index in [4.69, 9.17) is 4.74 Å². The van der Waals surface area contributed by atoms with Gasteiger partial charge in [-0.25, -0.2) is 9.37 Å². The molecule has 3 heterocycles. The van der Waals surface area contributed by atoms with Gasteiger partial charge in [-0.05, 0) is 29.9 Å². The number of nitrogens with one attached hydrogen (secondary N) is 1. The van der Waals surface area contributed by atoms with E-state index in [1.807, 2.05) is 54.2 Å². The van der Waals surface area contributed by atoms with Crippen molar-refractivity contribution in [3.8, 4) is 16.5 Å². The Bertz CT molecular complexity index is 1360. The van der Waals surface area contributed by atoms with E-state index < -0.39 is 12.3 Å². The lowest BCUT2D eigenvalue weighted by molar-refractivity contribution is -0.119. The molecule has 2 atom stereocenters. The molecule has 6 nitrogen and oxygen atoms in total. The van der Waals surface area contributed by atoms with E-state index in [0.717, 1.165) is 26.5 Å². The Morgan fingerprint density at radius 3 is 2.82 bits per heavy atom. The molecule has 1 N–H and O–H groups in total. The maximum absolute atomic E-state index is 14.9. The molecule has 0 fully saturated rings. The standard InChI is InChI=1S/C25H21FN4O2S/c1-30-12-11-28-25(30)22-15-19-24(33-22)21(9-10-27-19)32-20-8-7-17(14-18(20)26)29-23(31)13-16-5-3-2-4-6-16/h2-12,14-15,18,20H,13H2,1H3,(H,29,31). The van der Waals surface area contributed by atoms with Gasteiger partial charge in [-0.15, -0.1) is 11.3 Å². The van der Waals surface area contributed by atoms with Crippen LogP contribution in [-0.4, -0.2) is 32.7 Å². The number of nitrogens with zero attached hydrogens (tertiary/aromatic N) is 3. The molecule has 0 aliphatic heterocycles. The molecule has 4 aromatic rings. The summed E-state index contributed by atoms with van der Waals surface area (Å²) in [5.74, 6) is 1.20. The zero-order chi connectivity index (χ0) is 22.8. The highest BCUT2D eigenvalue weighted by molar-refractivity contribution is 7.22. The van der Waals surface area contributed by atoms with Gasteiger partial charge in [0.05, 0.1) is 21.5 Å². The van der Waals surface area contributed by atoms with Gasteiger partial charge in [0.1, 0.15) is 11.6 Å². The van der Waals surface area contributed by atoms with Gasteiger partial charge in [0.15, 0.2) is 12.3 Å². The zero-order valence-corrected chi connectivity index (χ0v) is 18.6. The number of imidazole rings is 1. The predicted octanol–water partition coefficient (Wildman–Crippen LogP) is 4.59. The highest BCUT2D eigenvalue weighted by Crippen LogP contribution is 2.37. The van der Waals surface area contributed by atoms with E-state index >= 15 is 0 Å². The lowest BCUT2D eigenvalue weighted by atomic mass is 10.1. The van der Waals surface area contributed by atoms with Crippen molar-refractivity contribution in [1.29, 1.82) is 0 Å². The number of rotatable bonds is 6. The van der Waals surface area contributed by atoms with Crippen LogP contribution in [0.3, 0.4) is 0 Å². The first-order valence-corrected chi connectivity index (χ1v) is 11.3. The van der Waals surface area contributed by atoms with Crippen molar-refractivity contribution in [3.05, 3.63) is 90.5 Å². The molecule has 0 saturated carbocycles. The third-order valence-corrected chi connectivity index (χ3v) is 6.42. The molecule has 0 saturated heterocycles. The molecular weight excluding hydrogens is 439 g/mol. The first kappa shape index (κ1) is 21.1. The van der Waals surface area contributed by atoms with Gasteiger partial charge in [0.25, 0.3) is 0 Å². The second kappa shape index (κ2) is 8.99. The molecule has 8 heteroatoms. The number of pyridine rings is 1. The van der Waals surface area contributed by atoms with Crippen LogP contribution in [-0.2, 0) is 18.3 Å². The number of hydrogen-bond acceptors (Lipinski definition) is 5. The maximum Gasteiger partial charge on any atom is 0.228 e. The average Bonchev–Trinajstić information content (AvgIpc) is 3.42. The number of allylic oxidation sites excluding steroid dienone is 1. The van der Waals surface area contributed by atoms with Gasteiger partial charge < -0.3 is 14.6 Å². The smallest absolute Gasteiger partial charge is 0.228 e. The highest BCUT2D eigenvalue weighted by Gasteiger charge is 2.24. The Kier molecular flexibility index (Phi) is 5.75. The number of aryl methyl sites for hydroxylation is 1. The minimum atomic E-state index is -1.40. The Morgan fingerprint density at radius 2 is 2.06 bits per heavy atom. The second-order valence-corrected chi connectivity index (χ2v) is 8.77. The van der Waals surface area contributed by atoms with Crippen LogP contribution in [0.5, 0.6) is 5.75 Å². The number of amides is 1. The fraction of sp³-hybridized carbons (Fsp3) is 0.160. The maximum atomic E-state index is 14.9. The molecule has 2 unspecified atom stereocenters. The third-order valence-electron chi connectivity index (χ3n) is 5.29. The van der Waals surface area contributed by atoms with Gasteiger partial charge in [-0.3, -0.25) is 9.78 Å². The van der Waals surface area contributed by atoms with Gasteiger partial charge >= 0.3 is 0 Å². The lowest BCUT2D eigenvalue weighted by Gasteiger charge is -2.22. The van der Waals surface area contributed by atoms with E-state index in [2.05, 4.69) is 15.3 Å². The van der Waals surface area contributed by atoms with E-state index in [1.165, 1.54) is 17.4 Å². The molecule has 0 spiro atoms. The quantitative estimate of drug-likeness (QED) is 0.457. The second-order valence-electron chi connectivity index (χ2n) is 7.71. The number of carbonyl (C=O) groups excluding carboxylic acids is 1. The number of halogens is 1. The molecule has 1 aromatic carbocycles.